The molecule has 0 bridgehead atoms. The maximum absolute atomic E-state index is 12.3. The van der Waals surface area contributed by atoms with Gasteiger partial charge in [-0.25, -0.2) is 0 Å². The van der Waals surface area contributed by atoms with Gasteiger partial charge in [0.15, 0.2) is 11.5 Å². The summed E-state index contributed by atoms with van der Waals surface area (Å²) in [7, 11) is 6.48. The third kappa shape index (κ3) is 3.44. The van der Waals surface area contributed by atoms with Gasteiger partial charge in [0.1, 0.15) is 18.1 Å². The lowest BCUT2D eigenvalue weighted by Gasteiger charge is -2.13. The van der Waals surface area contributed by atoms with Gasteiger partial charge >= 0.3 is 0 Å². The van der Waals surface area contributed by atoms with Crippen LogP contribution in [0.25, 0.3) is 10.8 Å². The minimum atomic E-state index is -0.0788. The van der Waals surface area contributed by atoms with E-state index in [4.69, 9.17) is 18.9 Å². The Labute approximate surface area is 151 Å². The molecule has 0 aliphatic heterocycles. The largest absolute Gasteiger partial charge is 0.497 e. The number of hydrogen-bond acceptors (Lipinski definition) is 5. The highest BCUT2D eigenvalue weighted by Gasteiger charge is 2.11. The first-order chi connectivity index (χ1) is 12.5. The van der Waals surface area contributed by atoms with Gasteiger partial charge in [-0.1, -0.05) is 0 Å². The van der Waals surface area contributed by atoms with Gasteiger partial charge in [0.05, 0.1) is 26.7 Å². The summed E-state index contributed by atoms with van der Waals surface area (Å²) in [5.74, 6) is 2.46. The molecule has 0 N–H and O–H groups in total. The molecule has 0 saturated heterocycles. The van der Waals surface area contributed by atoms with Gasteiger partial charge in [-0.2, -0.15) is 0 Å². The van der Waals surface area contributed by atoms with Crippen LogP contribution in [0.2, 0.25) is 0 Å². The van der Waals surface area contributed by atoms with Crippen LogP contribution in [0.15, 0.2) is 47.4 Å². The summed E-state index contributed by atoms with van der Waals surface area (Å²) in [6.07, 6.45) is 1.73. The van der Waals surface area contributed by atoms with Crippen molar-refractivity contribution >= 4 is 10.8 Å². The fourth-order valence-corrected chi connectivity index (χ4v) is 2.73. The van der Waals surface area contributed by atoms with Crippen molar-refractivity contribution in [2.45, 2.75) is 6.61 Å². The monoisotopic (exact) mass is 355 g/mol. The summed E-state index contributed by atoms with van der Waals surface area (Å²) in [6.45, 7) is 0.306. The van der Waals surface area contributed by atoms with E-state index in [9.17, 15) is 4.79 Å². The smallest absolute Gasteiger partial charge is 0.258 e. The third-order valence-electron chi connectivity index (χ3n) is 4.17. The van der Waals surface area contributed by atoms with Crippen LogP contribution in [0.4, 0.5) is 0 Å². The van der Waals surface area contributed by atoms with E-state index in [1.807, 2.05) is 24.3 Å². The molecule has 0 spiro atoms. The summed E-state index contributed by atoms with van der Waals surface area (Å²) in [5, 5.41) is 1.38. The summed E-state index contributed by atoms with van der Waals surface area (Å²) in [6, 6.07) is 11.0. The predicted molar refractivity (Wildman–Crippen MR) is 99.6 cm³/mol. The van der Waals surface area contributed by atoms with Gasteiger partial charge < -0.3 is 23.5 Å². The SMILES string of the molecule is COc1cc(COc2cc3ccn(C)c(=O)c3cc2OC)cc(OC)c1. The number of fused-ring (bicyclic) bond motifs is 1. The Morgan fingerprint density at radius 1 is 0.885 bits per heavy atom. The standard InChI is InChI=1S/C20H21NO5/c1-21-6-5-14-9-19(18(25-4)11-17(14)20(21)22)26-12-13-7-15(23-2)10-16(8-13)24-3/h5-11H,12H2,1-4H3. The molecule has 2 aromatic carbocycles. The van der Waals surface area contributed by atoms with Crippen molar-refractivity contribution in [3.8, 4) is 23.0 Å². The second-order valence-electron chi connectivity index (χ2n) is 5.83. The molecule has 0 atom stereocenters. The van der Waals surface area contributed by atoms with Crippen molar-refractivity contribution in [1.82, 2.24) is 4.57 Å². The second-order valence-corrected chi connectivity index (χ2v) is 5.83. The van der Waals surface area contributed by atoms with Gasteiger partial charge in [-0.3, -0.25) is 4.79 Å². The zero-order chi connectivity index (χ0) is 18.7. The number of pyridine rings is 1. The summed E-state index contributed by atoms with van der Waals surface area (Å²) in [5.41, 5.74) is 0.817. The molecule has 3 aromatic rings. The van der Waals surface area contributed by atoms with Crippen LogP contribution < -0.4 is 24.5 Å². The Kier molecular flexibility index (Phi) is 5.02. The van der Waals surface area contributed by atoms with E-state index in [1.165, 1.54) is 4.57 Å². The average Bonchev–Trinajstić information content (AvgIpc) is 2.68. The van der Waals surface area contributed by atoms with E-state index in [-0.39, 0.29) is 5.56 Å². The van der Waals surface area contributed by atoms with Crippen LogP contribution in [0, 0.1) is 0 Å². The Hall–Kier alpha value is -3.15. The van der Waals surface area contributed by atoms with Gasteiger partial charge in [0.2, 0.25) is 0 Å². The second kappa shape index (κ2) is 7.39. The molecule has 0 radical (unpaired) electrons. The van der Waals surface area contributed by atoms with Gasteiger partial charge in [-0.05, 0) is 41.3 Å². The topological polar surface area (TPSA) is 58.9 Å². The average molecular weight is 355 g/mol. The highest BCUT2D eigenvalue weighted by atomic mass is 16.5. The molecule has 26 heavy (non-hydrogen) atoms. The lowest BCUT2D eigenvalue weighted by atomic mass is 10.1. The zero-order valence-electron chi connectivity index (χ0n) is 15.2. The fraction of sp³-hybridized carbons (Fsp3) is 0.250. The number of methoxy groups -OCH3 is 3. The minimum absolute atomic E-state index is 0.0788. The molecule has 3 rings (SSSR count). The first-order valence-electron chi connectivity index (χ1n) is 8.08. The molecule has 1 heterocycles. The fourth-order valence-electron chi connectivity index (χ4n) is 2.73. The molecular formula is C20H21NO5. The van der Waals surface area contributed by atoms with Gasteiger partial charge in [-0.15, -0.1) is 0 Å². The third-order valence-corrected chi connectivity index (χ3v) is 4.17. The molecule has 0 amide bonds. The summed E-state index contributed by atoms with van der Waals surface area (Å²) in [4.78, 5) is 12.3. The minimum Gasteiger partial charge on any atom is -0.497 e. The van der Waals surface area contributed by atoms with Crippen LogP contribution in [0.3, 0.4) is 0 Å². The molecule has 6 nitrogen and oxygen atoms in total. The summed E-state index contributed by atoms with van der Waals surface area (Å²) < 4.78 is 23.4. The van der Waals surface area contributed by atoms with Gasteiger partial charge in [0, 0.05) is 19.3 Å². The number of benzene rings is 2. The lowest BCUT2D eigenvalue weighted by molar-refractivity contribution is 0.283. The molecular weight excluding hydrogens is 334 g/mol. The van der Waals surface area contributed by atoms with Crippen molar-refractivity contribution in [3.63, 3.8) is 0 Å². The number of ether oxygens (including phenoxy) is 4. The number of hydrogen-bond donors (Lipinski definition) is 0. The van der Waals surface area contributed by atoms with Crippen molar-refractivity contribution in [2.24, 2.45) is 7.05 Å². The highest BCUT2D eigenvalue weighted by molar-refractivity contribution is 5.85. The van der Waals surface area contributed by atoms with E-state index in [0.717, 1.165) is 10.9 Å². The molecule has 6 heteroatoms. The molecule has 0 aliphatic carbocycles. The molecule has 136 valence electrons. The Bertz CT molecular complexity index is 971. The summed E-state index contributed by atoms with van der Waals surface area (Å²) >= 11 is 0. The molecule has 0 fully saturated rings. The number of aryl methyl sites for hydroxylation is 1. The Morgan fingerprint density at radius 3 is 2.19 bits per heavy atom. The normalized spacial score (nSPS) is 10.6. The first-order valence-corrected chi connectivity index (χ1v) is 8.08. The van der Waals surface area contributed by atoms with Crippen LogP contribution in [0.1, 0.15) is 5.56 Å². The molecule has 0 unspecified atom stereocenters. The van der Waals surface area contributed by atoms with Crippen LogP contribution >= 0.6 is 0 Å². The van der Waals surface area contributed by atoms with Crippen molar-refractivity contribution in [1.29, 1.82) is 0 Å². The zero-order valence-corrected chi connectivity index (χ0v) is 15.2. The van der Waals surface area contributed by atoms with E-state index in [0.29, 0.717) is 35.0 Å². The predicted octanol–water partition coefficient (Wildman–Crippen LogP) is 3.14. The van der Waals surface area contributed by atoms with E-state index < -0.39 is 0 Å². The van der Waals surface area contributed by atoms with Gasteiger partial charge in [0.25, 0.3) is 5.56 Å². The van der Waals surface area contributed by atoms with Crippen molar-refractivity contribution < 1.29 is 18.9 Å². The van der Waals surface area contributed by atoms with Crippen LogP contribution in [-0.4, -0.2) is 25.9 Å². The maximum Gasteiger partial charge on any atom is 0.258 e. The Morgan fingerprint density at radius 2 is 1.58 bits per heavy atom. The lowest BCUT2D eigenvalue weighted by Crippen LogP contribution is -2.15. The Balaban J connectivity index is 1.94. The molecule has 0 saturated carbocycles. The van der Waals surface area contributed by atoms with Crippen molar-refractivity contribution in [3.05, 3.63) is 58.5 Å². The van der Waals surface area contributed by atoms with E-state index in [2.05, 4.69) is 0 Å². The van der Waals surface area contributed by atoms with E-state index in [1.54, 1.807) is 46.7 Å². The number of rotatable bonds is 6. The molecule has 0 aliphatic rings. The number of aromatic nitrogens is 1. The van der Waals surface area contributed by atoms with E-state index >= 15 is 0 Å². The van der Waals surface area contributed by atoms with Crippen LogP contribution in [0.5, 0.6) is 23.0 Å². The quantitative estimate of drug-likeness (QED) is 0.680. The van der Waals surface area contributed by atoms with Crippen LogP contribution in [-0.2, 0) is 13.7 Å². The maximum atomic E-state index is 12.3. The molecule has 1 aromatic heterocycles. The highest BCUT2D eigenvalue weighted by Crippen LogP contribution is 2.32. The number of nitrogens with zero attached hydrogens (tertiary/aromatic N) is 1. The first kappa shape index (κ1) is 17.7. The van der Waals surface area contributed by atoms with Crippen molar-refractivity contribution in [2.75, 3.05) is 21.3 Å².